The van der Waals surface area contributed by atoms with Gasteiger partial charge in [0, 0.05) is 0 Å². The van der Waals surface area contributed by atoms with Crippen molar-refractivity contribution in [2.75, 3.05) is 13.2 Å². The van der Waals surface area contributed by atoms with Gasteiger partial charge in [0.25, 0.3) is 0 Å². The number of carbonyl (C=O) groups is 4. The Kier molecular flexibility index (Phi) is 7.18. The number of hydrogen-bond acceptors (Lipinski definition) is 12. The first-order chi connectivity index (χ1) is 9.96. The standard InChI is InChI=1S/C10H16N2O10/c11-9(19,3-13)7(17)21-5(15)1-2-6(16)22-8(18)10(12,20)4-14/h13-14,19-20H,1-4,11-12H2. The molecule has 8 N–H and O–H groups in total. The molecule has 0 saturated heterocycles. The van der Waals surface area contributed by atoms with Crippen molar-refractivity contribution in [3.8, 4) is 0 Å². The molecule has 0 aliphatic rings. The molecule has 0 aliphatic carbocycles. The summed E-state index contributed by atoms with van der Waals surface area (Å²) in [5, 5.41) is 35.2. The second-order valence-electron chi connectivity index (χ2n) is 4.19. The van der Waals surface area contributed by atoms with Gasteiger partial charge in [-0.3, -0.25) is 21.1 Å². The Morgan fingerprint density at radius 2 is 1.05 bits per heavy atom. The molecule has 0 aromatic rings. The molecule has 0 saturated carbocycles. The van der Waals surface area contributed by atoms with Crippen LogP contribution in [0, 0.1) is 0 Å². The fraction of sp³-hybridized carbons (Fsp3) is 0.600. The highest BCUT2D eigenvalue weighted by Crippen LogP contribution is 2.04. The summed E-state index contributed by atoms with van der Waals surface area (Å²) in [7, 11) is 0. The number of ether oxygens (including phenoxy) is 2. The first-order valence-electron chi connectivity index (χ1n) is 5.70. The van der Waals surface area contributed by atoms with Gasteiger partial charge in [-0.25, -0.2) is 9.59 Å². The molecule has 126 valence electrons. The molecule has 0 rings (SSSR count). The lowest BCUT2D eigenvalue weighted by Crippen LogP contribution is -2.53. The van der Waals surface area contributed by atoms with Crippen LogP contribution in [0.5, 0.6) is 0 Å². The second-order valence-corrected chi connectivity index (χ2v) is 4.19. The lowest BCUT2D eigenvalue weighted by atomic mass is 10.2. The van der Waals surface area contributed by atoms with Gasteiger partial charge in [-0.05, 0) is 0 Å². The van der Waals surface area contributed by atoms with Gasteiger partial charge in [-0.2, -0.15) is 0 Å². The van der Waals surface area contributed by atoms with Crippen molar-refractivity contribution in [2.45, 2.75) is 24.3 Å². The Morgan fingerprint density at radius 1 is 0.773 bits per heavy atom. The van der Waals surface area contributed by atoms with E-state index >= 15 is 0 Å². The molecule has 0 amide bonds. The van der Waals surface area contributed by atoms with E-state index in [1.54, 1.807) is 0 Å². The van der Waals surface area contributed by atoms with Gasteiger partial charge >= 0.3 is 23.9 Å². The third kappa shape index (κ3) is 6.21. The highest BCUT2D eigenvalue weighted by Gasteiger charge is 2.35. The first-order valence-corrected chi connectivity index (χ1v) is 5.70. The molecule has 0 spiro atoms. The van der Waals surface area contributed by atoms with Gasteiger partial charge in [-0.15, -0.1) is 0 Å². The Balaban J connectivity index is 4.30. The molecule has 0 bridgehead atoms. The van der Waals surface area contributed by atoms with Crippen molar-refractivity contribution in [2.24, 2.45) is 11.5 Å². The number of esters is 4. The minimum Gasteiger partial charge on any atom is -0.391 e. The summed E-state index contributed by atoms with van der Waals surface area (Å²) in [6.45, 7) is -2.40. The fourth-order valence-electron chi connectivity index (χ4n) is 0.819. The van der Waals surface area contributed by atoms with Crippen molar-refractivity contribution in [1.29, 1.82) is 0 Å². The Bertz CT molecular complexity index is 417. The number of hydrogen-bond donors (Lipinski definition) is 6. The van der Waals surface area contributed by atoms with Gasteiger partial charge in [0.2, 0.25) is 11.4 Å². The lowest BCUT2D eigenvalue weighted by Gasteiger charge is -2.17. The maximum absolute atomic E-state index is 11.2. The molecule has 0 aromatic heterocycles. The van der Waals surface area contributed by atoms with E-state index in [4.69, 9.17) is 31.9 Å². The predicted molar refractivity (Wildman–Crippen MR) is 63.9 cm³/mol. The van der Waals surface area contributed by atoms with Crippen LogP contribution in [-0.2, 0) is 28.7 Å². The van der Waals surface area contributed by atoms with E-state index < -0.39 is 61.4 Å². The minimum atomic E-state index is -2.77. The molecule has 12 nitrogen and oxygen atoms in total. The number of aliphatic hydroxyl groups excluding tert-OH is 2. The Labute approximate surface area is 123 Å². The normalized spacial score (nSPS) is 16.1. The number of aliphatic hydroxyl groups is 4. The summed E-state index contributed by atoms with van der Waals surface area (Å²) >= 11 is 0. The molecule has 0 aliphatic heterocycles. The van der Waals surface area contributed by atoms with Crippen molar-refractivity contribution >= 4 is 23.9 Å². The first kappa shape index (κ1) is 20.0. The van der Waals surface area contributed by atoms with Crippen LogP contribution in [0.1, 0.15) is 12.8 Å². The lowest BCUT2D eigenvalue weighted by molar-refractivity contribution is -0.180. The predicted octanol–water partition coefficient (Wildman–Crippen LogP) is -4.81. The smallest absolute Gasteiger partial charge is 0.363 e. The van der Waals surface area contributed by atoms with Crippen LogP contribution in [0.2, 0.25) is 0 Å². The van der Waals surface area contributed by atoms with E-state index in [2.05, 4.69) is 9.47 Å². The highest BCUT2D eigenvalue weighted by molar-refractivity contribution is 5.93. The zero-order valence-electron chi connectivity index (χ0n) is 11.2. The zero-order chi connectivity index (χ0) is 17.6. The fourth-order valence-corrected chi connectivity index (χ4v) is 0.819. The summed E-state index contributed by atoms with van der Waals surface area (Å²) in [6, 6.07) is 0. The topological polar surface area (TPSA) is 220 Å². The van der Waals surface area contributed by atoms with Gasteiger partial charge in [-0.1, -0.05) is 0 Å². The average Bonchev–Trinajstić information content (AvgIpc) is 2.44. The van der Waals surface area contributed by atoms with Gasteiger partial charge in [0.15, 0.2) is 0 Å². The molecule has 0 heterocycles. The highest BCUT2D eigenvalue weighted by atomic mass is 16.6. The molecule has 2 atom stereocenters. The largest absolute Gasteiger partial charge is 0.391 e. The van der Waals surface area contributed by atoms with Crippen molar-refractivity contribution in [3.63, 3.8) is 0 Å². The third-order valence-corrected chi connectivity index (χ3v) is 2.14. The van der Waals surface area contributed by atoms with Crippen molar-refractivity contribution < 1.29 is 49.1 Å². The van der Waals surface area contributed by atoms with E-state index in [0.29, 0.717) is 0 Å². The third-order valence-electron chi connectivity index (χ3n) is 2.14. The zero-order valence-corrected chi connectivity index (χ0v) is 11.2. The molecule has 2 unspecified atom stereocenters. The van der Waals surface area contributed by atoms with Crippen LogP contribution in [0.4, 0.5) is 0 Å². The van der Waals surface area contributed by atoms with E-state index in [-0.39, 0.29) is 0 Å². The molecular weight excluding hydrogens is 308 g/mol. The molecule has 12 heteroatoms. The van der Waals surface area contributed by atoms with E-state index in [9.17, 15) is 19.2 Å². The maximum atomic E-state index is 11.2. The number of nitrogens with two attached hydrogens (primary N) is 2. The van der Waals surface area contributed by atoms with Crippen LogP contribution in [0.15, 0.2) is 0 Å². The molecule has 22 heavy (non-hydrogen) atoms. The van der Waals surface area contributed by atoms with Crippen molar-refractivity contribution in [1.82, 2.24) is 0 Å². The average molecular weight is 324 g/mol. The minimum absolute atomic E-state index is 0.735. The summed E-state index contributed by atoms with van der Waals surface area (Å²) in [6.07, 6.45) is -1.47. The van der Waals surface area contributed by atoms with Gasteiger partial charge < -0.3 is 29.9 Å². The van der Waals surface area contributed by atoms with Crippen LogP contribution in [0.25, 0.3) is 0 Å². The molecule has 0 radical (unpaired) electrons. The number of rotatable bonds is 7. The SMILES string of the molecule is NC(O)(CO)C(=O)OC(=O)CCC(=O)OC(=O)C(N)(O)CO. The van der Waals surface area contributed by atoms with E-state index in [1.165, 1.54) is 0 Å². The summed E-state index contributed by atoms with van der Waals surface area (Å²) in [5.74, 6) is -5.86. The van der Waals surface area contributed by atoms with Crippen LogP contribution < -0.4 is 11.5 Å². The summed E-state index contributed by atoms with van der Waals surface area (Å²) in [5.41, 5.74) is 4.19. The Morgan fingerprint density at radius 3 is 1.27 bits per heavy atom. The molecule has 0 aromatic carbocycles. The van der Waals surface area contributed by atoms with Crippen LogP contribution in [-0.4, -0.2) is 69.0 Å². The number of carbonyl (C=O) groups excluding carboxylic acids is 4. The van der Waals surface area contributed by atoms with Gasteiger partial charge in [0.1, 0.15) is 0 Å². The Hall–Kier alpha value is -1.96. The van der Waals surface area contributed by atoms with Crippen LogP contribution >= 0.6 is 0 Å². The monoisotopic (exact) mass is 324 g/mol. The van der Waals surface area contributed by atoms with E-state index in [1.807, 2.05) is 0 Å². The molecular formula is C10H16N2O10. The van der Waals surface area contributed by atoms with E-state index in [0.717, 1.165) is 0 Å². The molecule has 0 fully saturated rings. The van der Waals surface area contributed by atoms with Crippen LogP contribution in [0.3, 0.4) is 0 Å². The maximum Gasteiger partial charge on any atom is 0.363 e. The van der Waals surface area contributed by atoms with Crippen molar-refractivity contribution in [3.05, 3.63) is 0 Å². The quantitative estimate of drug-likeness (QED) is 0.147. The summed E-state index contributed by atoms with van der Waals surface area (Å²) < 4.78 is 8.06. The summed E-state index contributed by atoms with van der Waals surface area (Å²) in [4.78, 5) is 44.5. The van der Waals surface area contributed by atoms with Gasteiger partial charge in [0.05, 0.1) is 26.1 Å². The second kappa shape index (κ2) is 7.88.